The van der Waals surface area contributed by atoms with E-state index in [1.165, 1.54) is 11.3 Å². The van der Waals surface area contributed by atoms with Crippen molar-refractivity contribution in [2.45, 2.75) is 18.9 Å². The summed E-state index contributed by atoms with van der Waals surface area (Å²) in [6.07, 6.45) is 2.03. The van der Waals surface area contributed by atoms with Gasteiger partial charge in [0.2, 0.25) is 5.60 Å². The number of hydrogen-bond acceptors (Lipinski definition) is 5. The van der Waals surface area contributed by atoms with Gasteiger partial charge in [0.1, 0.15) is 0 Å². The topological polar surface area (TPSA) is 63.6 Å². The molecule has 0 aliphatic carbocycles. The van der Waals surface area contributed by atoms with Crippen LogP contribution in [0.25, 0.3) is 0 Å². The van der Waals surface area contributed by atoms with E-state index in [0.717, 1.165) is 11.3 Å². The first-order valence-electron chi connectivity index (χ1n) is 6.29. The number of carbonyl (C=O) groups is 1. The third kappa shape index (κ3) is 2.91. The predicted molar refractivity (Wildman–Crippen MR) is 82.8 cm³/mol. The Morgan fingerprint density at radius 2 is 2.19 bits per heavy atom. The maximum atomic E-state index is 12.3. The Labute approximate surface area is 130 Å². The Hall–Kier alpha value is -1.92. The molecule has 1 aromatic heterocycles. The van der Waals surface area contributed by atoms with E-state index in [-0.39, 0.29) is 5.91 Å². The lowest BCUT2D eigenvalue weighted by Gasteiger charge is -2.19. The number of amides is 1. The van der Waals surface area contributed by atoms with Crippen LogP contribution in [0, 0.1) is 0 Å². The molecule has 1 aliphatic rings. The van der Waals surface area contributed by atoms with Crippen LogP contribution in [0.4, 0.5) is 5.13 Å². The normalized spacial score (nSPS) is 20.8. The van der Waals surface area contributed by atoms with Crippen LogP contribution in [0.5, 0.6) is 0 Å². The second-order valence-corrected chi connectivity index (χ2v) is 6.17. The minimum Gasteiger partial charge on any atom is -0.379 e. The van der Waals surface area contributed by atoms with Crippen molar-refractivity contribution in [3.63, 3.8) is 0 Å². The van der Waals surface area contributed by atoms with E-state index in [4.69, 9.17) is 16.4 Å². The van der Waals surface area contributed by atoms with Gasteiger partial charge >= 0.3 is 0 Å². The molecule has 1 atom stereocenters. The summed E-state index contributed by atoms with van der Waals surface area (Å²) in [5.74, 6) is -0.259. The molecule has 0 saturated heterocycles. The summed E-state index contributed by atoms with van der Waals surface area (Å²) in [5.41, 5.74) is 0.592. The van der Waals surface area contributed by atoms with Gasteiger partial charge in [-0.05, 0) is 24.6 Å². The number of thiazole rings is 1. The molecule has 1 aliphatic heterocycles. The van der Waals surface area contributed by atoms with Gasteiger partial charge in [0, 0.05) is 23.0 Å². The number of aromatic nitrogens is 1. The maximum Gasteiger partial charge on any atom is 0.273 e. The highest BCUT2D eigenvalue weighted by molar-refractivity contribution is 7.13. The first-order chi connectivity index (χ1) is 10.1. The highest BCUT2D eigenvalue weighted by atomic mass is 35.5. The van der Waals surface area contributed by atoms with Crippen molar-refractivity contribution in [2.75, 3.05) is 5.32 Å². The van der Waals surface area contributed by atoms with Crippen LogP contribution in [0.2, 0.25) is 5.02 Å². The Bertz CT molecular complexity index is 685. The van der Waals surface area contributed by atoms with Crippen molar-refractivity contribution in [2.24, 2.45) is 5.16 Å². The van der Waals surface area contributed by atoms with E-state index in [1.54, 1.807) is 30.6 Å². The smallest absolute Gasteiger partial charge is 0.273 e. The van der Waals surface area contributed by atoms with E-state index in [2.05, 4.69) is 15.5 Å². The first kappa shape index (κ1) is 14.0. The van der Waals surface area contributed by atoms with Crippen molar-refractivity contribution in [1.29, 1.82) is 0 Å². The third-order valence-corrected chi connectivity index (χ3v) is 4.11. The van der Waals surface area contributed by atoms with Crippen molar-refractivity contribution in [1.82, 2.24) is 4.98 Å². The molecule has 0 spiro atoms. The summed E-state index contributed by atoms with van der Waals surface area (Å²) in [4.78, 5) is 21.7. The molecular formula is C14H12ClN3O2S. The number of anilines is 1. The number of hydrogen-bond donors (Lipinski definition) is 1. The number of rotatable bonds is 3. The Morgan fingerprint density at radius 1 is 1.43 bits per heavy atom. The van der Waals surface area contributed by atoms with Crippen LogP contribution >= 0.6 is 22.9 Å². The molecule has 1 unspecified atom stereocenters. The molecule has 1 amide bonds. The molecule has 0 saturated carbocycles. The molecule has 7 heteroatoms. The monoisotopic (exact) mass is 321 g/mol. The zero-order chi connectivity index (χ0) is 14.9. The van der Waals surface area contributed by atoms with Crippen molar-refractivity contribution in [3.05, 3.63) is 46.4 Å². The Balaban J connectivity index is 1.71. The summed E-state index contributed by atoms with van der Waals surface area (Å²) in [6, 6.07) is 7.28. The summed E-state index contributed by atoms with van der Waals surface area (Å²) in [6.45, 7) is 1.71. The SMILES string of the molecule is CC1(C(=O)Nc2nccs2)CC(c2ccc(Cl)cc2)=NO1. The van der Waals surface area contributed by atoms with Gasteiger partial charge in [0.05, 0.1) is 5.71 Å². The average molecular weight is 322 g/mol. The second kappa shape index (κ2) is 5.46. The molecule has 0 bridgehead atoms. The molecule has 5 nitrogen and oxygen atoms in total. The standard InChI is InChI=1S/C14H12ClN3O2S/c1-14(12(19)17-13-16-6-7-21-13)8-11(18-20-14)9-2-4-10(15)5-3-9/h2-7H,8H2,1H3,(H,16,17,19). The fraction of sp³-hybridized carbons (Fsp3) is 0.214. The van der Waals surface area contributed by atoms with Crippen LogP contribution in [0.15, 0.2) is 41.0 Å². The molecule has 3 rings (SSSR count). The van der Waals surface area contributed by atoms with Gasteiger partial charge in [0.15, 0.2) is 5.13 Å². The number of carbonyl (C=O) groups excluding carboxylic acids is 1. The first-order valence-corrected chi connectivity index (χ1v) is 7.54. The maximum absolute atomic E-state index is 12.3. The predicted octanol–water partition coefficient (Wildman–Crippen LogP) is 3.32. The highest BCUT2D eigenvalue weighted by Gasteiger charge is 2.42. The third-order valence-electron chi connectivity index (χ3n) is 3.17. The Kier molecular flexibility index (Phi) is 3.65. The van der Waals surface area contributed by atoms with E-state index in [1.807, 2.05) is 12.1 Å². The lowest BCUT2D eigenvalue weighted by molar-refractivity contribution is -0.135. The van der Waals surface area contributed by atoms with Crippen LogP contribution in [0.3, 0.4) is 0 Å². The highest BCUT2D eigenvalue weighted by Crippen LogP contribution is 2.28. The molecule has 1 aromatic carbocycles. The fourth-order valence-electron chi connectivity index (χ4n) is 1.97. The van der Waals surface area contributed by atoms with Crippen LogP contribution in [0.1, 0.15) is 18.9 Å². The molecule has 0 radical (unpaired) electrons. The quantitative estimate of drug-likeness (QED) is 0.943. The minimum absolute atomic E-state index is 0.259. The van der Waals surface area contributed by atoms with Gasteiger partial charge in [-0.2, -0.15) is 0 Å². The van der Waals surface area contributed by atoms with Gasteiger partial charge in [-0.3, -0.25) is 10.1 Å². The van der Waals surface area contributed by atoms with Gasteiger partial charge in [-0.1, -0.05) is 28.9 Å². The molecular weight excluding hydrogens is 310 g/mol. The van der Waals surface area contributed by atoms with Gasteiger partial charge in [-0.25, -0.2) is 4.98 Å². The van der Waals surface area contributed by atoms with Crippen molar-refractivity contribution < 1.29 is 9.63 Å². The number of halogens is 1. The van der Waals surface area contributed by atoms with Crippen LogP contribution < -0.4 is 5.32 Å². The fourth-order valence-corrected chi connectivity index (χ4v) is 2.62. The number of oxime groups is 1. The second-order valence-electron chi connectivity index (χ2n) is 4.84. The number of nitrogens with zero attached hydrogens (tertiary/aromatic N) is 2. The summed E-state index contributed by atoms with van der Waals surface area (Å²) in [7, 11) is 0. The van der Waals surface area contributed by atoms with Gasteiger partial charge in [0.25, 0.3) is 5.91 Å². The van der Waals surface area contributed by atoms with Crippen LogP contribution in [-0.4, -0.2) is 22.2 Å². The Morgan fingerprint density at radius 3 is 2.86 bits per heavy atom. The average Bonchev–Trinajstić information content (AvgIpc) is 3.10. The molecule has 21 heavy (non-hydrogen) atoms. The number of nitrogens with one attached hydrogen (secondary N) is 1. The van der Waals surface area contributed by atoms with Gasteiger partial charge in [-0.15, -0.1) is 11.3 Å². The van der Waals surface area contributed by atoms with E-state index < -0.39 is 5.60 Å². The largest absolute Gasteiger partial charge is 0.379 e. The molecule has 2 heterocycles. The summed E-state index contributed by atoms with van der Waals surface area (Å²) in [5, 5.41) is 9.77. The zero-order valence-corrected chi connectivity index (χ0v) is 12.7. The van der Waals surface area contributed by atoms with Crippen molar-refractivity contribution in [3.8, 4) is 0 Å². The van der Waals surface area contributed by atoms with Crippen molar-refractivity contribution >= 4 is 39.7 Å². The zero-order valence-electron chi connectivity index (χ0n) is 11.2. The minimum atomic E-state index is -1.03. The molecule has 1 N–H and O–H groups in total. The molecule has 108 valence electrons. The molecule has 0 fully saturated rings. The van der Waals surface area contributed by atoms with Gasteiger partial charge < -0.3 is 4.84 Å². The van der Waals surface area contributed by atoms with E-state index in [0.29, 0.717) is 16.6 Å². The lowest BCUT2D eigenvalue weighted by atomic mass is 9.95. The summed E-state index contributed by atoms with van der Waals surface area (Å²) >= 11 is 7.22. The van der Waals surface area contributed by atoms with Crippen LogP contribution in [-0.2, 0) is 9.63 Å². The summed E-state index contributed by atoms with van der Waals surface area (Å²) < 4.78 is 0. The van der Waals surface area contributed by atoms with E-state index >= 15 is 0 Å². The molecule has 2 aromatic rings. The van der Waals surface area contributed by atoms with E-state index in [9.17, 15) is 4.79 Å². The number of benzene rings is 1. The lowest BCUT2D eigenvalue weighted by Crippen LogP contribution is -2.40.